The number of carbonyl (C=O) groups is 1. The van der Waals surface area contributed by atoms with Gasteiger partial charge in [0.15, 0.2) is 23.2 Å². The van der Waals surface area contributed by atoms with E-state index in [2.05, 4.69) is 9.88 Å². The van der Waals surface area contributed by atoms with Crippen molar-refractivity contribution in [2.24, 2.45) is 0 Å². The van der Waals surface area contributed by atoms with E-state index < -0.39 is 11.6 Å². The molecule has 0 atom stereocenters. The van der Waals surface area contributed by atoms with Crippen LogP contribution in [0.5, 0.6) is 5.75 Å². The van der Waals surface area contributed by atoms with Crippen molar-refractivity contribution in [1.82, 2.24) is 14.9 Å². The molecule has 4 rings (SSSR count). The fourth-order valence-corrected chi connectivity index (χ4v) is 3.77. The molecule has 0 saturated carbocycles. The smallest absolute Gasteiger partial charge is 0.219 e. The van der Waals surface area contributed by atoms with Crippen LogP contribution in [0, 0.1) is 11.6 Å². The van der Waals surface area contributed by atoms with Crippen molar-refractivity contribution in [1.29, 1.82) is 0 Å². The first-order chi connectivity index (χ1) is 13.9. The van der Waals surface area contributed by atoms with Crippen molar-refractivity contribution in [2.75, 3.05) is 30.3 Å². The lowest BCUT2D eigenvalue weighted by Gasteiger charge is -2.34. The lowest BCUT2D eigenvalue weighted by molar-refractivity contribution is -0.129. The van der Waals surface area contributed by atoms with Gasteiger partial charge in [-0.1, -0.05) is 0 Å². The molecule has 0 aliphatic carbocycles. The summed E-state index contributed by atoms with van der Waals surface area (Å²) in [4.78, 5) is 24.6. The van der Waals surface area contributed by atoms with Crippen LogP contribution < -0.4 is 15.4 Å². The lowest BCUT2D eigenvalue weighted by Crippen LogP contribution is -2.40. The molecule has 1 aromatic heterocycles. The van der Waals surface area contributed by atoms with E-state index in [-0.39, 0.29) is 17.8 Å². The minimum atomic E-state index is -0.697. The summed E-state index contributed by atoms with van der Waals surface area (Å²) in [5.74, 6) is -0.258. The highest BCUT2D eigenvalue weighted by molar-refractivity contribution is 5.73. The molecule has 1 fully saturated rings. The highest BCUT2D eigenvalue weighted by Gasteiger charge is 2.27. The molecule has 2 aromatic rings. The Morgan fingerprint density at radius 3 is 2.62 bits per heavy atom. The van der Waals surface area contributed by atoms with Gasteiger partial charge in [0.1, 0.15) is 11.9 Å². The van der Waals surface area contributed by atoms with E-state index in [1.807, 2.05) is 0 Å². The van der Waals surface area contributed by atoms with Crippen LogP contribution in [0.2, 0.25) is 0 Å². The minimum absolute atomic E-state index is 0.0137. The Bertz CT molecular complexity index is 931. The standard InChI is InChI=1S/C20H23F2N5O2/c1-12(28)27-9-6-16-17(11-27)24-19(23)20(25-16)26-7-4-14(5-8-26)29-18-3-2-13(21)10-15(18)22/h2-3,10,14H,4-9,11H2,1H3,(H2,23,24). The first-order valence-electron chi connectivity index (χ1n) is 9.68. The molecule has 154 valence electrons. The van der Waals surface area contributed by atoms with Crippen molar-refractivity contribution in [2.45, 2.75) is 38.8 Å². The number of carbonyl (C=O) groups excluding carboxylic acids is 1. The molecule has 1 amide bonds. The monoisotopic (exact) mass is 403 g/mol. The van der Waals surface area contributed by atoms with Gasteiger partial charge in [0.25, 0.3) is 0 Å². The predicted octanol–water partition coefficient (Wildman–Crippen LogP) is 2.29. The quantitative estimate of drug-likeness (QED) is 0.847. The molecule has 3 heterocycles. The molecule has 1 saturated heterocycles. The number of nitrogens with zero attached hydrogens (tertiary/aromatic N) is 4. The van der Waals surface area contributed by atoms with Gasteiger partial charge in [0.05, 0.1) is 17.9 Å². The lowest BCUT2D eigenvalue weighted by atomic mass is 10.1. The topological polar surface area (TPSA) is 84.6 Å². The minimum Gasteiger partial charge on any atom is -0.487 e. The average molecular weight is 403 g/mol. The van der Waals surface area contributed by atoms with Crippen molar-refractivity contribution in [3.05, 3.63) is 41.2 Å². The zero-order valence-corrected chi connectivity index (χ0v) is 16.2. The van der Waals surface area contributed by atoms with E-state index in [0.29, 0.717) is 57.1 Å². The maximum Gasteiger partial charge on any atom is 0.219 e. The van der Waals surface area contributed by atoms with Crippen LogP contribution in [0.25, 0.3) is 0 Å². The number of nitrogens with two attached hydrogens (primary N) is 1. The van der Waals surface area contributed by atoms with Crippen LogP contribution in [0.4, 0.5) is 20.4 Å². The second kappa shape index (κ2) is 7.81. The molecule has 0 bridgehead atoms. The molecule has 0 spiro atoms. The van der Waals surface area contributed by atoms with Crippen molar-refractivity contribution >= 4 is 17.5 Å². The molecule has 0 unspecified atom stereocenters. The van der Waals surface area contributed by atoms with E-state index in [1.54, 1.807) is 11.8 Å². The zero-order chi connectivity index (χ0) is 20.5. The van der Waals surface area contributed by atoms with Gasteiger partial charge in [-0.15, -0.1) is 0 Å². The molecule has 9 heteroatoms. The second-order valence-electron chi connectivity index (χ2n) is 7.40. The van der Waals surface area contributed by atoms with E-state index in [9.17, 15) is 13.6 Å². The number of amides is 1. The highest BCUT2D eigenvalue weighted by atomic mass is 19.1. The van der Waals surface area contributed by atoms with E-state index in [1.165, 1.54) is 12.1 Å². The van der Waals surface area contributed by atoms with Gasteiger partial charge < -0.3 is 20.3 Å². The Kier molecular flexibility index (Phi) is 5.21. The van der Waals surface area contributed by atoms with Gasteiger partial charge in [-0.05, 0) is 12.1 Å². The van der Waals surface area contributed by atoms with Crippen LogP contribution in [-0.2, 0) is 17.8 Å². The summed E-state index contributed by atoms with van der Waals surface area (Å²) in [5, 5.41) is 0. The molecule has 7 nitrogen and oxygen atoms in total. The third-order valence-corrected chi connectivity index (χ3v) is 5.39. The van der Waals surface area contributed by atoms with Gasteiger partial charge in [0.2, 0.25) is 5.91 Å². The zero-order valence-electron chi connectivity index (χ0n) is 16.2. The van der Waals surface area contributed by atoms with Gasteiger partial charge in [-0.3, -0.25) is 4.79 Å². The molecule has 29 heavy (non-hydrogen) atoms. The highest BCUT2D eigenvalue weighted by Crippen LogP contribution is 2.28. The number of fused-ring (bicyclic) bond motifs is 1. The molecule has 1 aromatic carbocycles. The third-order valence-electron chi connectivity index (χ3n) is 5.39. The fourth-order valence-electron chi connectivity index (χ4n) is 3.77. The molecule has 2 aliphatic heterocycles. The largest absolute Gasteiger partial charge is 0.487 e. The molecule has 2 aliphatic rings. The summed E-state index contributed by atoms with van der Waals surface area (Å²) in [5.41, 5.74) is 7.78. The number of ether oxygens (including phenoxy) is 1. The number of halogens is 2. The summed E-state index contributed by atoms with van der Waals surface area (Å²) < 4.78 is 32.5. The van der Waals surface area contributed by atoms with Crippen molar-refractivity contribution < 1.29 is 18.3 Å². The Balaban J connectivity index is 1.42. The van der Waals surface area contributed by atoms with Crippen molar-refractivity contribution in [3.8, 4) is 5.75 Å². The average Bonchev–Trinajstić information content (AvgIpc) is 2.70. The fraction of sp³-hybridized carbons (Fsp3) is 0.450. The Morgan fingerprint density at radius 1 is 1.17 bits per heavy atom. The number of benzene rings is 1. The van der Waals surface area contributed by atoms with Crippen LogP contribution in [0.3, 0.4) is 0 Å². The van der Waals surface area contributed by atoms with Crippen LogP contribution in [0.1, 0.15) is 31.2 Å². The SMILES string of the molecule is CC(=O)N1CCc2nc(N3CCC(Oc4ccc(F)cc4F)CC3)c(N)nc2C1. The third kappa shape index (κ3) is 4.08. The van der Waals surface area contributed by atoms with Crippen LogP contribution in [-0.4, -0.2) is 46.5 Å². The van der Waals surface area contributed by atoms with Gasteiger partial charge in [-0.25, -0.2) is 18.7 Å². The Hall–Kier alpha value is -2.97. The second-order valence-corrected chi connectivity index (χ2v) is 7.40. The van der Waals surface area contributed by atoms with Gasteiger partial charge >= 0.3 is 0 Å². The number of anilines is 2. The van der Waals surface area contributed by atoms with Crippen LogP contribution in [0.15, 0.2) is 18.2 Å². The normalized spacial score (nSPS) is 17.2. The number of hydrogen-bond acceptors (Lipinski definition) is 6. The number of hydrogen-bond donors (Lipinski definition) is 1. The van der Waals surface area contributed by atoms with Crippen molar-refractivity contribution in [3.63, 3.8) is 0 Å². The van der Waals surface area contributed by atoms with Gasteiger partial charge in [0, 0.05) is 51.9 Å². The molecule has 0 radical (unpaired) electrons. The summed E-state index contributed by atoms with van der Waals surface area (Å²) in [6.07, 6.45) is 1.81. The molecular formula is C20H23F2N5O2. The number of aromatic nitrogens is 2. The molecular weight excluding hydrogens is 380 g/mol. The number of nitrogen functional groups attached to an aromatic ring is 1. The summed E-state index contributed by atoms with van der Waals surface area (Å²) in [7, 11) is 0. The predicted molar refractivity (Wildman–Crippen MR) is 103 cm³/mol. The maximum absolute atomic E-state index is 13.8. The van der Waals surface area contributed by atoms with E-state index >= 15 is 0 Å². The van der Waals surface area contributed by atoms with Gasteiger partial charge in [-0.2, -0.15) is 0 Å². The van der Waals surface area contributed by atoms with Crippen LogP contribution >= 0.6 is 0 Å². The maximum atomic E-state index is 13.8. The Morgan fingerprint density at radius 2 is 1.93 bits per heavy atom. The summed E-state index contributed by atoms with van der Waals surface area (Å²) in [6.45, 7) is 3.89. The number of rotatable bonds is 3. The first-order valence-corrected chi connectivity index (χ1v) is 9.68. The Labute approximate surface area is 167 Å². The molecule has 2 N–H and O–H groups in total. The first kappa shape index (κ1) is 19.4. The van der Waals surface area contributed by atoms with E-state index in [4.69, 9.17) is 15.5 Å². The number of piperidine rings is 1. The summed E-state index contributed by atoms with van der Waals surface area (Å²) >= 11 is 0. The van der Waals surface area contributed by atoms with E-state index in [0.717, 1.165) is 17.5 Å². The summed E-state index contributed by atoms with van der Waals surface area (Å²) in [6, 6.07) is 3.32.